The molecule has 0 spiro atoms. The van der Waals surface area contributed by atoms with Gasteiger partial charge in [0.2, 0.25) is 0 Å². The molecule has 2 nitrogen and oxygen atoms in total. The zero-order valence-electron chi connectivity index (χ0n) is 8.68. The van der Waals surface area contributed by atoms with Crippen LogP contribution in [0.4, 0.5) is 0 Å². The van der Waals surface area contributed by atoms with Crippen LogP contribution in [0.25, 0.3) is 0 Å². The summed E-state index contributed by atoms with van der Waals surface area (Å²) >= 11 is 5.08. The predicted octanol–water partition coefficient (Wildman–Crippen LogP) is 2.96. The van der Waals surface area contributed by atoms with Crippen molar-refractivity contribution in [2.75, 3.05) is 11.9 Å². The van der Waals surface area contributed by atoms with Crippen molar-refractivity contribution < 1.29 is 4.79 Å². The fourth-order valence-corrected chi connectivity index (χ4v) is 3.08. The lowest BCUT2D eigenvalue weighted by atomic mass is 10.1. The molecule has 2 rings (SSSR count). The second-order valence-electron chi connectivity index (χ2n) is 4.28. The van der Waals surface area contributed by atoms with Gasteiger partial charge in [-0.1, -0.05) is 15.9 Å². The Balaban J connectivity index is 1.91. The van der Waals surface area contributed by atoms with E-state index in [0.717, 1.165) is 23.0 Å². The first-order chi connectivity index (χ1) is 7.17. The quantitative estimate of drug-likeness (QED) is 0.848. The molecule has 1 N–H and O–H groups in total. The lowest BCUT2D eigenvalue weighted by molar-refractivity contribution is 0.0946. The van der Waals surface area contributed by atoms with Crippen molar-refractivity contribution in [3.63, 3.8) is 0 Å². The molecule has 0 radical (unpaired) electrons. The maximum Gasteiger partial charge on any atom is 0.252 e. The molecule has 1 fully saturated rings. The topological polar surface area (TPSA) is 29.1 Å². The Morgan fingerprint density at radius 1 is 1.60 bits per heavy atom. The molecule has 1 aliphatic rings. The molecule has 1 aromatic heterocycles. The number of alkyl halides is 1. The smallest absolute Gasteiger partial charge is 0.252 e. The molecule has 1 aliphatic carbocycles. The first kappa shape index (κ1) is 11.1. The first-order valence-corrected chi connectivity index (χ1v) is 7.10. The maximum atomic E-state index is 11.8. The number of carbonyl (C=O) groups excluding carboxylic acids is 1. The van der Waals surface area contributed by atoms with Gasteiger partial charge in [0.1, 0.15) is 0 Å². The van der Waals surface area contributed by atoms with E-state index in [2.05, 4.69) is 21.2 Å². The number of rotatable bonds is 4. The second-order valence-corrected chi connectivity index (χ2v) is 5.59. The van der Waals surface area contributed by atoms with Gasteiger partial charge in [0.25, 0.3) is 5.91 Å². The zero-order valence-corrected chi connectivity index (χ0v) is 11.1. The number of amides is 1. The highest BCUT2D eigenvalue weighted by molar-refractivity contribution is 9.09. The fourth-order valence-electron chi connectivity index (χ4n) is 1.49. The maximum absolute atomic E-state index is 11.8. The van der Waals surface area contributed by atoms with Crippen molar-refractivity contribution >= 4 is 33.2 Å². The van der Waals surface area contributed by atoms with E-state index < -0.39 is 0 Å². The zero-order chi connectivity index (χ0) is 10.9. The number of carbonyl (C=O) groups is 1. The lowest BCUT2D eigenvalue weighted by Gasteiger charge is -2.12. The van der Waals surface area contributed by atoms with E-state index in [1.54, 1.807) is 11.3 Å². The van der Waals surface area contributed by atoms with Crippen LogP contribution in [-0.2, 0) is 0 Å². The third kappa shape index (κ3) is 2.42. The van der Waals surface area contributed by atoms with Crippen molar-refractivity contribution in [1.29, 1.82) is 0 Å². The Morgan fingerprint density at radius 3 is 2.80 bits per heavy atom. The molecule has 1 saturated carbocycles. The summed E-state index contributed by atoms with van der Waals surface area (Å²) in [6.45, 7) is 2.77. The third-order valence-electron chi connectivity index (χ3n) is 2.96. The van der Waals surface area contributed by atoms with Crippen LogP contribution in [0.15, 0.2) is 10.8 Å². The summed E-state index contributed by atoms with van der Waals surface area (Å²) < 4.78 is 0. The summed E-state index contributed by atoms with van der Waals surface area (Å²) in [7, 11) is 0. The highest BCUT2D eigenvalue weighted by Crippen LogP contribution is 2.46. The molecule has 0 atom stereocenters. The van der Waals surface area contributed by atoms with Crippen LogP contribution in [-0.4, -0.2) is 17.8 Å². The van der Waals surface area contributed by atoms with Gasteiger partial charge in [0.05, 0.1) is 5.56 Å². The van der Waals surface area contributed by atoms with E-state index in [-0.39, 0.29) is 5.91 Å². The summed E-state index contributed by atoms with van der Waals surface area (Å²) in [5.41, 5.74) is 2.24. The molecule has 1 amide bonds. The van der Waals surface area contributed by atoms with Crippen molar-refractivity contribution in [3.8, 4) is 0 Å². The lowest BCUT2D eigenvalue weighted by Crippen LogP contribution is -2.31. The number of halogens is 1. The number of hydrogen-bond acceptors (Lipinski definition) is 2. The van der Waals surface area contributed by atoms with Gasteiger partial charge in [0, 0.05) is 17.3 Å². The molecule has 1 heterocycles. The van der Waals surface area contributed by atoms with Crippen molar-refractivity contribution in [2.45, 2.75) is 19.8 Å². The Morgan fingerprint density at radius 2 is 2.33 bits per heavy atom. The Bertz CT molecular complexity index is 370. The standard InChI is InChI=1S/C11H14BrNOS/c1-8-4-15-5-9(8)10(14)13-7-11(6-12)2-3-11/h4-5H,2-3,6-7H2,1H3,(H,13,14). The molecule has 1 aromatic rings. The molecule has 0 aliphatic heterocycles. The van der Waals surface area contributed by atoms with Gasteiger partial charge in [-0.25, -0.2) is 0 Å². The van der Waals surface area contributed by atoms with Crippen LogP contribution in [0.2, 0.25) is 0 Å². The van der Waals surface area contributed by atoms with E-state index >= 15 is 0 Å². The average Bonchev–Trinajstić information content (AvgIpc) is 2.91. The molecule has 0 saturated heterocycles. The fraction of sp³-hybridized carbons (Fsp3) is 0.545. The van der Waals surface area contributed by atoms with E-state index in [1.807, 2.05) is 17.7 Å². The molecular weight excluding hydrogens is 274 g/mol. The summed E-state index contributed by atoms with van der Waals surface area (Å²) in [6, 6.07) is 0. The summed E-state index contributed by atoms with van der Waals surface area (Å²) in [4.78, 5) is 11.8. The van der Waals surface area contributed by atoms with E-state index in [1.165, 1.54) is 12.8 Å². The molecule has 0 bridgehead atoms. The highest BCUT2D eigenvalue weighted by Gasteiger charge is 2.41. The van der Waals surface area contributed by atoms with Gasteiger partial charge in [0.15, 0.2) is 0 Å². The minimum Gasteiger partial charge on any atom is -0.351 e. The molecule has 4 heteroatoms. The third-order valence-corrected chi connectivity index (χ3v) is 5.02. The van der Waals surface area contributed by atoms with Crippen molar-refractivity contribution in [1.82, 2.24) is 5.32 Å². The van der Waals surface area contributed by atoms with E-state index in [0.29, 0.717) is 5.41 Å². The predicted molar refractivity (Wildman–Crippen MR) is 66.9 cm³/mol. The Hall–Kier alpha value is -0.350. The molecule has 0 aromatic carbocycles. The molecule has 82 valence electrons. The largest absolute Gasteiger partial charge is 0.351 e. The highest BCUT2D eigenvalue weighted by atomic mass is 79.9. The van der Waals surface area contributed by atoms with Gasteiger partial charge in [-0.2, -0.15) is 11.3 Å². The summed E-state index contributed by atoms with van der Waals surface area (Å²) in [6.07, 6.45) is 2.45. The average molecular weight is 288 g/mol. The number of thiophene rings is 1. The van der Waals surface area contributed by atoms with Gasteiger partial charge in [-0.15, -0.1) is 0 Å². The van der Waals surface area contributed by atoms with Gasteiger partial charge < -0.3 is 5.32 Å². The summed E-state index contributed by atoms with van der Waals surface area (Å²) in [5.74, 6) is 0.0703. The van der Waals surface area contributed by atoms with Crippen LogP contribution in [0.1, 0.15) is 28.8 Å². The minimum atomic E-state index is 0.0703. The van der Waals surface area contributed by atoms with Crippen molar-refractivity contribution in [3.05, 3.63) is 21.9 Å². The van der Waals surface area contributed by atoms with Crippen LogP contribution in [0, 0.1) is 12.3 Å². The summed E-state index contributed by atoms with van der Waals surface area (Å²) in [5, 5.41) is 7.93. The van der Waals surface area contributed by atoms with Crippen LogP contribution >= 0.6 is 27.3 Å². The van der Waals surface area contributed by atoms with Gasteiger partial charge >= 0.3 is 0 Å². The normalized spacial score (nSPS) is 17.5. The SMILES string of the molecule is Cc1cscc1C(=O)NCC1(CBr)CC1. The van der Waals surface area contributed by atoms with Gasteiger partial charge in [-0.3, -0.25) is 4.79 Å². The van der Waals surface area contributed by atoms with Gasteiger partial charge in [-0.05, 0) is 36.1 Å². The molecular formula is C11H14BrNOS. The molecule has 0 unspecified atom stereocenters. The van der Waals surface area contributed by atoms with Crippen LogP contribution in [0.3, 0.4) is 0 Å². The Labute approximate surface area is 102 Å². The van der Waals surface area contributed by atoms with E-state index in [4.69, 9.17) is 0 Å². The molecule has 15 heavy (non-hydrogen) atoms. The number of hydrogen-bond donors (Lipinski definition) is 1. The van der Waals surface area contributed by atoms with Crippen LogP contribution < -0.4 is 5.32 Å². The second kappa shape index (κ2) is 4.26. The first-order valence-electron chi connectivity index (χ1n) is 5.04. The Kier molecular flexibility index (Phi) is 3.16. The van der Waals surface area contributed by atoms with E-state index in [9.17, 15) is 4.79 Å². The van der Waals surface area contributed by atoms with Crippen LogP contribution in [0.5, 0.6) is 0 Å². The number of nitrogens with one attached hydrogen (secondary N) is 1. The number of aryl methyl sites for hydroxylation is 1. The monoisotopic (exact) mass is 287 g/mol. The minimum absolute atomic E-state index is 0.0703. The van der Waals surface area contributed by atoms with Crippen molar-refractivity contribution in [2.24, 2.45) is 5.41 Å².